The largest absolute Gasteiger partial charge is 0.493 e. The first kappa shape index (κ1) is 21.5. The van der Waals surface area contributed by atoms with Crippen molar-refractivity contribution in [3.8, 4) is 22.6 Å². The highest BCUT2D eigenvalue weighted by Crippen LogP contribution is 2.40. The molecule has 0 radical (unpaired) electrons. The highest BCUT2D eigenvalue weighted by Gasteiger charge is 2.17. The molecule has 1 fully saturated rings. The fourth-order valence-corrected chi connectivity index (χ4v) is 5.06. The summed E-state index contributed by atoms with van der Waals surface area (Å²) in [7, 11) is 5.46. The minimum absolute atomic E-state index is 0.695. The van der Waals surface area contributed by atoms with E-state index in [0.29, 0.717) is 11.5 Å². The van der Waals surface area contributed by atoms with Gasteiger partial charge in [-0.15, -0.1) is 11.3 Å². The Morgan fingerprint density at radius 3 is 2.39 bits per heavy atom. The maximum absolute atomic E-state index is 5.50. The SMILES string of the molecule is COc1ccc(-c2csc3ncnc(Nc4ccc(N5CCN(C)CC5)cc4)c23)cc1OC. The van der Waals surface area contributed by atoms with Crippen LogP contribution < -0.4 is 19.7 Å². The molecule has 1 aliphatic rings. The number of hydrogen-bond donors (Lipinski definition) is 1. The van der Waals surface area contributed by atoms with Crippen molar-refractivity contribution in [3.05, 3.63) is 54.2 Å². The zero-order valence-electron chi connectivity index (χ0n) is 19.0. The zero-order valence-corrected chi connectivity index (χ0v) is 19.9. The predicted octanol–water partition coefficient (Wildman–Crippen LogP) is 4.87. The smallest absolute Gasteiger partial charge is 0.161 e. The van der Waals surface area contributed by atoms with Crippen LogP contribution >= 0.6 is 11.3 Å². The fourth-order valence-electron chi connectivity index (χ4n) is 4.14. The minimum atomic E-state index is 0.695. The van der Waals surface area contributed by atoms with E-state index in [0.717, 1.165) is 59.0 Å². The van der Waals surface area contributed by atoms with Gasteiger partial charge in [0.2, 0.25) is 0 Å². The first-order valence-corrected chi connectivity index (χ1v) is 11.8. The van der Waals surface area contributed by atoms with Crippen LogP contribution in [0, 0.1) is 0 Å². The molecule has 8 heteroatoms. The van der Waals surface area contributed by atoms with Crippen LogP contribution in [-0.4, -0.2) is 62.3 Å². The van der Waals surface area contributed by atoms with Gasteiger partial charge in [-0.3, -0.25) is 0 Å². The van der Waals surface area contributed by atoms with E-state index in [1.165, 1.54) is 5.69 Å². The Hall–Kier alpha value is -3.36. The summed E-state index contributed by atoms with van der Waals surface area (Å²) >= 11 is 1.60. The highest BCUT2D eigenvalue weighted by atomic mass is 32.1. The molecule has 5 rings (SSSR count). The van der Waals surface area contributed by atoms with Gasteiger partial charge in [-0.2, -0.15) is 0 Å². The summed E-state index contributed by atoms with van der Waals surface area (Å²) in [6, 6.07) is 14.5. The topological polar surface area (TPSA) is 62.8 Å². The van der Waals surface area contributed by atoms with E-state index < -0.39 is 0 Å². The third-order valence-electron chi connectivity index (χ3n) is 6.06. The Kier molecular flexibility index (Phi) is 6.02. The van der Waals surface area contributed by atoms with E-state index in [9.17, 15) is 0 Å². The second-order valence-electron chi connectivity index (χ2n) is 8.08. The minimum Gasteiger partial charge on any atom is -0.493 e. The van der Waals surface area contributed by atoms with Gasteiger partial charge in [0.15, 0.2) is 11.5 Å². The molecule has 1 N–H and O–H groups in total. The van der Waals surface area contributed by atoms with Gasteiger partial charge in [-0.05, 0) is 49.0 Å². The van der Waals surface area contributed by atoms with Crippen molar-refractivity contribution in [3.63, 3.8) is 0 Å². The number of nitrogens with one attached hydrogen (secondary N) is 1. The van der Waals surface area contributed by atoms with E-state index in [-0.39, 0.29) is 0 Å². The molecule has 0 bridgehead atoms. The first-order valence-electron chi connectivity index (χ1n) is 10.9. The van der Waals surface area contributed by atoms with Gasteiger partial charge in [-0.25, -0.2) is 9.97 Å². The van der Waals surface area contributed by atoms with Crippen LogP contribution in [0.1, 0.15) is 0 Å². The molecule has 0 aliphatic carbocycles. The number of anilines is 3. The summed E-state index contributed by atoms with van der Waals surface area (Å²) < 4.78 is 10.9. The van der Waals surface area contributed by atoms with E-state index in [1.807, 2.05) is 18.2 Å². The van der Waals surface area contributed by atoms with E-state index >= 15 is 0 Å². The Morgan fingerprint density at radius 1 is 0.909 bits per heavy atom. The number of nitrogens with zero attached hydrogens (tertiary/aromatic N) is 4. The van der Waals surface area contributed by atoms with E-state index in [2.05, 4.69) is 61.8 Å². The first-order chi connectivity index (χ1) is 16.2. The van der Waals surface area contributed by atoms with Crippen molar-refractivity contribution in [2.75, 3.05) is 57.7 Å². The van der Waals surface area contributed by atoms with Gasteiger partial charge in [0.25, 0.3) is 0 Å². The van der Waals surface area contributed by atoms with E-state index in [4.69, 9.17) is 9.47 Å². The average Bonchev–Trinajstić information content (AvgIpc) is 3.30. The predicted molar refractivity (Wildman–Crippen MR) is 135 cm³/mol. The number of thiophene rings is 1. The van der Waals surface area contributed by atoms with Crippen LogP contribution in [0.5, 0.6) is 11.5 Å². The Bertz CT molecular complexity index is 1250. The molecule has 0 saturated carbocycles. The van der Waals surface area contributed by atoms with Gasteiger partial charge < -0.3 is 24.6 Å². The summed E-state index contributed by atoms with van der Waals surface area (Å²) in [5.74, 6) is 2.19. The van der Waals surface area contributed by atoms with Crippen molar-refractivity contribution in [1.29, 1.82) is 0 Å². The quantitative estimate of drug-likeness (QED) is 0.439. The van der Waals surface area contributed by atoms with Crippen LogP contribution in [0.4, 0.5) is 17.2 Å². The molecule has 1 aliphatic heterocycles. The lowest BCUT2D eigenvalue weighted by atomic mass is 10.1. The van der Waals surface area contributed by atoms with Gasteiger partial charge in [0.1, 0.15) is 17.0 Å². The average molecular weight is 462 g/mol. The molecular formula is C25H27N5O2S. The van der Waals surface area contributed by atoms with Crippen molar-refractivity contribution in [2.45, 2.75) is 0 Å². The zero-order chi connectivity index (χ0) is 22.8. The number of rotatable bonds is 6. The molecule has 2 aromatic carbocycles. The molecule has 3 heterocycles. The molecule has 2 aromatic heterocycles. The van der Waals surface area contributed by atoms with Crippen LogP contribution in [0.15, 0.2) is 54.2 Å². The lowest BCUT2D eigenvalue weighted by Gasteiger charge is -2.34. The second-order valence-corrected chi connectivity index (χ2v) is 8.94. The Morgan fingerprint density at radius 2 is 1.67 bits per heavy atom. The van der Waals surface area contributed by atoms with Crippen molar-refractivity contribution < 1.29 is 9.47 Å². The molecule has 0 spiro atoms. The summed E-state index contributed by atoms with van der Waals surface area (Å²) in [5, 5.41) is 6.62. The lowest BCUT2D eigenvalue weighted by molar-refractivity contribution is 0.313. The maximum Gasteiger partial charge on any atom is 0.161 e. The molecule has 170 valence electrons. The second kappa shape index (κ2) is 9.25. The van der Waals surface area contributed by atoms with Gasteiger partial charge in [-0.1, -0.05) is 6.07 Å². The van der Waals surface area contributed by atoms with Gasteiger partial charge >= 0.3 is 0 Å². The molecule has 4 aromatic rings. The van der Waals surface area contributed by atoms with Crippen LogP contribution in [0.3, 0.4) is 0 Å². The van der Waals surface area contributed by atoms with Crippen LogP contribution in [-0.2, 0) is 0 Å². The number of piperazine rings is 1. The van der Waals surface area contributed by atoms with Gasteiger partial charge in [0.05, 0.1) is 19.6 Å². The number of ether oxygens (including phenoxy) is 2. The lowest BCUT2D eigenvalue weighted by Crippen LogP contribution is -2.44. The fraction of sp³-hybridized carbons (Fsp3) is 0.280. The van der Waals surface area contributed by atoms with Crippen molar-refractivity contribution in [2.24, 2.45) is 0 Å². The van der Waals surface area contributed by atoms with Crippen LogP contribution in [0.25, 0.3) is 21.3 Å². The van der Waals surface area contributed by atoms with E-state index in [1.54, 1.807) is 31.9 Å². The Labute approximate surface area is 197 Å². The van der Waals surface area contributed by atoms with Crippen LogP contribution in [0.2, 0.25) is 0 Å². The van der Waals surface area contributed by atoms with Crippen molar-refractivity contribution >= 4 is 38.7 Å². The monoisotopic (exact) mass is 461 g/mol. The number of likely N-dealkylation sites (N-methyl/N-ethyl adjacent to an activating group) is 1. The Balaban J connectivity index is 1.44. The normalized spacial score (nSPS) is 14.5. The number of fused-ring (bicyclic) bond motifs is 1. The number of benzene rings is 2. The molecule has 0 unspecified atom stereocenters. The third-order valence-corrected chi connectivity index (χ3v) is 6.95. The molecule has 0 atom stereocenters. The number of hydrogen-bond acceptors (Lipinski definition) is 8. The third kappa shape index (κ3) is 4.31. The van der Waals surface area contributed by atoms with Gasteiger partial charge in [0, 0.05) is 48.5 Å². The summed E-state index contributed by atoms with van der Waals surface area (Å²) in [5.41, 5.74) is 4.34. The summed E-state index contributed by atoms with van der Waals surface area (Å²) in [6.07, 6.45) is 1.61. The number of methoxy groups -OCH3 is 2. The summed E-state index contributed by atoms with van der Waals surface area (Å²) in [4.78, 5) is 14.8. The maximum atomic E-state index is 5.50. The molecule has 0 amide bonds. The van der Waals surface area contributed by atoms with Crippen molar-refractivity contribution in [1.82, 2.24) is 14.9 Å². The summed E-state index contributed by atoms with van der Waals surface area (Å²) in [6.45, 7) is 4.30. The molecule has 1 saturated heterocycles. The molecule has 33 heavy (non-hydrogen) atoms. The molecular weight excluding hydrogens is 434 g/mol. The standard InChI is InChI=1S/C25H27N5O2S/c1-29-10-12-30(13-11-29)19-7-5-18(6-8-19)28-24-23-20(15-33-25(23)27-16-26-24)17-4-9-21(31-2)22(14-17)32-3/h4-9,14-16H,10-13H2,1-3H3,(H,26,27,28). The molecule has 7 nitrogen and oxygen atoms in total. The highest BCUT2D eigenvalue weighted by molar-refractivity contribution is 7.17. The number of aromatic nitrogens is 2.